The van der Waals surface area contributed by atoms with Crippen LogP contribution >= 0.6 is 0 Å². The molecule has 1 atom stereocenters. The minimum atomic E-state index is 0.150. The van der Waals surface area contributed by atoms with E-state index in [1.807, 2.05) is 7.05 Å². The second-order valence-electron chi connectivity index (χ2n) is 4.29. The van der Waals surface area contributed by atoms with Gasteiger partial charge in [0.15, 0.2) is 0 Å². The van der Waals surface area contributed by atoms with E-state index >= 15 is 0 Å². The largest absolute Gasteiger partial charge is 0.324 e. The Hall–Kier alpha value is -0.860. The zero-order valence-corrected chi connectivity index (χ0v) is 10.2. The number of hydrogen-bond acceptors (Lipinski definition) is 2. The number of nitrogens with two attached hydrogens (primary N) is 1. The minimum Gasteiger partial charge on any atom is -0.324 e. The van der Waals surface area contributed by atoms with Crippen molar-refractivity contribution in [1.82, 2.24) is 5.32 Å². The van der Waals surface area contributed by atoms with Crippen LogP contribution in [-0.4, -0.2) is 13.6 Å². The van der Waals surface area contributed by atoms with E-state index in [1.54, 1.807) is 0 Å². The van der Waals surface area contributed by atoms with Gasteiger partial charge in [-0.25, -0.2) is 0 Å². The number of rotatable bonds is 4. The average Bonchev–Trinajstić information content (AvgIpc) is 2.20. The standard InChI is InChI=1S/C13H22N2/c1-9-7-11(3)12(8-10(9)2)13(14)5-6-15-4/h7-8,13,15H,5-6,14H2,1-4H3. The van der Waals surface area contributed by atoms with Crippen molar-refractivity contribution < 1.29 is 0 Å². The second kappa shape index (κ2) is 5.29. The Bertz CT molecular complexity index is 332. The lowest BCUT2D eigenvalue weighted by Crippen LogP contribution is -2.19. The molecule has 1 aromatic carbocycles. The van der Waals surface area contributed by atoms with Gasteiger partial charge in [0.2, 0.25) is 0 Å². The molecule has 15 heavy (non-hydrogen) atoms. The quantitative estimate of drug-likeness (QED) is 0.792. The van der Waals surface area contributed by atoms with E-state index in [-0.39, 0.29) is 6.04 Å². The Labute approximate surface area is 92.9 Å². The molecule has 0 aliphatic rings. The lowest BCUT2D eigenvalue weighted by molar-refractivity contribution is 0.612. The summed E-state index contributed by atoms with van der Waals surface area (Å²) in [6.07, 6.45) is 0.986. The van der Waals surface area contributed by atoms with Crippen LogP contribution in [0.4, 0.5) is 0 Å². The summed E-state index contributed by atoms with van der Waals surface area (Å²) in [4.78, 5) is 0. The smallest absolute Gasteiger partial charge is 0.0309 e. The molecule has 0 aliphatic carbocycles. The first kappa shape index (κ1) is 12.2. The summed E-state index contributed by atoms with van der Waals surface area (Å²) in [5.41, 5.74) is 11.4. The van der Waals surface area contributed by atoms with E-state index in [9.17, 15) is 0 Å². The zero-order chi connectivity index (χ0) is 11.4. The summed E-state index contributed by atoms with van der Waals surface area (Å²) in [6, 6.07) is 4.60. The van der Waals surface area contributed by atoms with Gasteiger partial charge in [0.1, 0.15) is 0 Å². The van der Waals surface area contributed by atoms with Gasteiger partial charge in [-0.3, -0.25) is 0 Å². The molecule has 0 radical (unpaired) electrons. The fraction of sp³-hybridized carbons (Fsp3) is 0.538. The van der Waals surface area contributed by atoms with Crippen LogP contribution in [0.15, 0.2) is 12.1 Å². The van der Waals surface area contributed by atoms with E-state index in [1.165, 1.54) is 22.3 Å². The molecule has 0 spiro atoms. The van der Waals surface area contributed by atoms with Gasteiger partial charge in [-0.05, 0) is 63.0 Å². The molecule has 2 heteroatoms. The Morgan fingerprint density at radius 3 is 2.33 bits per heavy atom. The summed E-state index contributed by atoms with van der Waals surface area (Å²) in [5.74, 6) is 0. The van der Waals surface area contributed by atoms with Gasteiger partial charge >= 0.3 is 0 Å². The van der Waals surface area contributed by atoms with Gasteiger partial charge in [0, 0.05) is 6.04 Å². The van der Waals surface area contributed by atoms with Crippen molar-refractivity contribution in [2.45, 2.75) is 33.2 Å². The number of aryl methyl sites for hydroxylation is 3. The first-order valence-electron chi connectivity index (χ1n) is 5.54. The monoisotopic (exact) mass is 206 g/mol. The molecule has 1 aromatic rings. The fourth-order valence-electron chi connectivity index (χ4n) is 1.84. The van der Waals surface area contributed by atoms with Crippen LogP contribution in [-0.2, 0) is 0 Å². The van der Waals surface area contributed by atoms with E-state index < -0.39 is 0 Å². The van der Waals surface area contributed by atoms with Crippen molar-refractivity contribution in [3.05, 3.63) is 34.4 Å². The van der Waals surface area contributed by atoms with Crippen molar-refractivity contribution in [2.24, 2.45) is 5.73 Å². The first-order chi connectivity index (χ1) is 7.06. The van der Waals surface area contributed by atoms with Gasteiger partial charge < -0.3 is 11.1 Å². The maximum Gasteiger partial charge on any atom is 0.0309 e. The average molecular weight is 206 g/mol. The normalized spacial score (nSPS) is 12.9. The molecule has 2 nitrogen and oxygen atoms in total. The Balaban J connectivity index is 2.88. The highest BCUT2D eigenvalue weighted by atomic mass is 14.8. The van der Waals surface area contributed by atoms with E-state index in [0.717, 1.165) is 13.0 Å². The summed E-state index contributed by atoms with van der Waals surface area (Å²) < 4.78 is 0. The first-order valence-corrected chi connectivity index (χ1v) is 5.54. The lowest BCUT2D eigenvalue weighted by atomic mass is 9.95. The lowest BCUT2D eigenvalue weighted by Gasteiger charge is -2.16. The van der Waals surface area contributed by atoms with Crippen molar-refractivity contribution >= 4 is 0 Å². The van der Waals surface area contributed by atoms with E-state index in [4.69, 9.17) is 5.73 Å². The predicted molar refractivity (Wildman–Crippen MR) is 66.1 cm³/mol. The SMILES string of the molecule is CNCCC(N)c1cc(C)c(C)cc1C. The topological polar surface area (TPSA) is 38.0 Å². The Morgan fingerprint density at radius 1 is 1.13 bits per heavy atom. The summed E-state index contributed by atoms with van der Waals surface area (Å²) in [5, 5.41) is 3.13. The summed E-state index contributed by atoms with van der Waals surface area (Å²) in [6.45, 7) is 7.39. The molecule has 0 aromatic heterocycles. The van der Waals surface area contributed by atoms with Crippen LogP contribution in [0, 0.1) is 20.8 Å². The molecule has 3 N–H and O–H groups in total. The van der Waals surface area contributed by atoms with Gasteiger partial charge in [-0.1, -0.05) is 12.1 Å². The third-order valence-corrected chi connectivity index (χ3v) is 2.99. The Kier molecular flexibility index (Phi) is 4.30. The molecule has 0 saturated carbocycles. The third kappa shape index (κ3) is 3.05. The molecule has 0 aliphatic heterocycles. The molecule has 0 amide bonds. The number of nitrogens with one attached hydrogen (secondary N) is 1. The molecule has 1 rings (SSSR count). The molecule has 0 bridgehead atoms. The Morgan fingerprint density at radius 2 is 1.73 bits per heavy atom. The second-order valence-corrected chi connectivity index (χ2v) is 4.29. The van der Waals surface area contributed by atoms with E-state index in [2.05, 4.69) is 38.2 Å². The highest BCUT2D eigenvalue weighted by molar-refractivity contribution is 5.38. The predicted octanol–water partition coefficient (Wildman–Crippen LogP) is 2.22. The molecule has 0 heterocycles. The van der Waals surface area contributed by atoms with Crippen LogP contribution in [0.2, 0.25) is 0 Å². The highest BCUT2D eigenvalue weighted by Crippen LogP contribution is 2.21. The number of hydrogen-bond donors (Lipinski definition) is 2. The van der Waals surface area contributed by atoms with Crippen molar-refractivity contribution in [3.8, 4) is 0 Å². The highest BCUT2D eigenvalue weighted by Gasteiger charge is 2.09. The van der Waals surface area contributed by atoms with Crippen molar-refractivity contribution in [2.75, 3.05) is 13.6 Å². The van der Waals surface area contributed by atoms with Gasteiger partial charge in [0.25, 0.3) is 0 Å². The fourth-order valence-corrected chi connectivity index (χ4v) is 1.84. The zero-order valence-electron chi connectivity index (χ0n) is 10.2. The summed E-state index contributed by atoms with van der Waals surface area (Å²) >= 11 is 0. The van der Waals surface area contributed by atoms with Crippen molar-refractivity contribution in [3.63, 3.8) is 0 Å². The van der Waals surface area contributed by atoms with E-state index in [0.29, 0.717) is 0 Å². The minimum absolute atomic E-state index is 0.150. The molecule has 84 valence electrons. The summed E-state index contributed by atoms with van der Waals surface area (Å²) in [7, 11) is 1.96. The van der Waals surface area contributed by atoms with Crippen LogP contribution in [0.3, 0.4) is 0 Å². The molecule has 0 fully saturated rings. The maximum atomic E-state index is 6.16. The molecular weight excluding hydrogens is 184 g/mol. The van der Waals surface area contributed by atoms with Crippen LogP contribution in [0.1, 0.15) is 34.7 Å². The van der Waals surface area contributed by atoms with Crippen LogP contribution in [0.25, 0.3) is 0 Å². The van der Waals surface area contributed by atoms with Gasteiger partial charge in [0.05, 0.1) is 0 Å². The molecule has 0 saturated heterocycles. The number of benzene rings is 1. The van der Waals surface area contributed by atoms with Crippen LogP contribution < -0.4 is 11.1 Å². The van der Waals surface area contributed by atoms with Gasteiger partial charge in [-0.2, -0.15) is 0 Å². The van der Waals surface area contributed by atoms with Gasteiger partial charge in [-0.15, -0.1) is 0 Å². The molecule has 1 unspecified atom stereocenters. The molecular formula is C13H22N2. The maximum absolute atomic E-state index is 6.16. The third-order valence-electron chi connectivity index (χ3n) is 2.99. The van der Waals surface area contributed by atoms with Crippen LogP contribution in [0.5, 0.6) is 0 Å². The van der Waals surface area contributed by atoms with Crippen molar-refractivity contribution in [1.29, 1.82) is 0 Å².